The van der Waals surface area contributed by atoms with Crippen LogP contribution in [0.1, 0.15) is 70.6 Å². The molecule has 1 heterocycles. The first-order valence-electron chi connectivity index (χ1n) is 8.91. The average Bonchev–Trinajstić information content (AvgIpc) is 3.02. The summed E-state index contributed by atoms with van der Waals surface area (Å²) in [7, 11) is 0. The summed E-state index contributed by atoms with van der Waals surface area (Å²) in [5.41, 5.74) is 3.09. The highest BCUT2D eigenvalue weighted by molar-refractivity contribution is 5.15. The molecule has 2 nitrogen and oxygen atoms in total. The van der Waals surface area contributed by atoms with Gasteiger partial charge in [-0.15, -0.1) is 0 Å². The molecule has 0 bridgehead atoms. The number of aryl methyl sites for hydroxylation is 1. The first-order chi connectivity index (χ1) is 10.2. The zero-order valence-corrected chi connectivity index (χ0v) is 14.1. The van der Waals surface area contributed by atoms with Crippen LogP contribution in [0.4, 0.5) is 0 Å². The van der Waals surface area contributed by atoms with Crippen LogP contribution in [0.15, 0.2) is 18.3 Å². The lowest BCUT2D eigenvalue weighted by Crippen LogP contribution is -2.45. The van der Waals surface area contributed by atoms with Gasteiger partial charge in [-0.25, -0.2) is 0 Å². The van der Waals surface area contributed by atoms with Gasteiger partial charge in [0.15, 0.2) is 0 Å². The lowest BCUT2D eigenvalue weighted by Gasteiger charge is -2.38. The van der Waals surface area contributed by atoms with Gasteiger partial charge in [0.25, 0.3) is 0 Å². The molecule has 1 saturated carbocycles. The van der Waals surface area contributed by atoms with E-state index in [1.54, 1.807) is 0 Å². The quantitative estimate of drug-likeness (QED) is 0.760. The van der Waals surface area contributed by atoms with Crippen molar-refractivity contribution in [3.8, 4) is 0 Å². The van der Waals surface area contributed by atoms with Crippen LogP contribution >= 0.6 is 0 Å². The summed E-state index contributed by atoms with van der Waals surface area (Å²) in [6, 6.07) is 5.06. The van der Waals surface area contributed by atoms with Crippen LogP contribution in [0.5, 0.6) is 0 Å². The Kier molecular flexibility index (Phi) is 6.22. The van der Waals surface area contributed by atoms with Gasteiger partial charge < -0.3 is 5.32 Å². The zero-order chi connectivity index (χ0) is 15.1. The molecule has 1 aromatic rings. The maximum Gasteiger partial charge on any atom is 0.0419 e. The van der Waals surface area contributed by atoms with E-state index >= 15 is 0 Å². The van der Waals surface area contributed by atoms with Gasteiger partial charge in [0, 0.05) is 24.4 Å². The standard InChI is InChI=1S/C19H32N2/c1-4-13-20-18(19(6-3)11-7-8-12-19)14-17-10-9-16(5-2)15-21-17/h9-10,15,18,20H,4-8,11-14H2,1-3H3. The zero-order valence-electron chi connectivity index (χ0n) is 14.1. The Morgan fingerprint density at radius 3 is 2.48 bits per heavy atom. The molecule has 0 spiro atoms. The van der Waals surface area contributed by atoms with Gasteiger partial charge in [-0.1, -0.05) is 39.7 Å². The summed E-state index contributed by atoms with van der Waals surface area (Å²) in [4.78, 5) is 4.69. The summed E-state index contributed by atoms with van der Waals surface area (Å²) >= 11 is 0. The highest BCUT2D eigenvalue weighted by atomic mass is 14.9. The van der Waals surface area contributed by atoms with E-state index in [4.69, 9.17) is 4.98 Å². The van der Waals surface area contributed by atoms with Crippen LogP contribution < -0.4 is 5.32 Å². The van der Waals surface area contributed by atoms with Crippen molar-refractivity contribution in [2.75, 3.05) is 6.54 Å². The SMILES string of the molecule is CCCNC(Cc1ccc(CC)cn1)C1(CC)CCCC1. The minimum Gasteiger partial charge on any atom is -0.313 e. The number of hydrogen-bond acceptors (Lipinski definition) is 2. The molecule has 0 amide bonds. The second-order valence-corrected chi connectivity index (χ2v) is 6.65. The van der Waals surface area contributed by atoms with Crippen molar-refractivity contribution in [1.29, 1.82) is 0 Å². The fraction of sp³-hybridized carbons (Fsp3) is 0.737. The third-order valence-electron chi connectivity index (χ3n) is 5.39. The van der Waals surface area contributed by atoms with Gasteiger partial charge in [-0.2, -0.15) is 0 Å². The summed E-state index contributed by atoms with van der Waals surface area (Å²) in [5.74, 6) is 0. The number of nitrogens with one attached hydrogen (secondary N) is 1. The van der Waals surface area contributed by atoms with Gasteiger partial charge in [0.05, 0.1) is 0 Å². The third-order valence-corrected chi connectivity index (χ3v) is 5.39. The molecular weight excluding hydrogens is 256 g/mol. The molecule has 0 aromatic carbocycles. The molecule has 1 aromatic heterocycles. The predicted molar refractivity (Wildman–Crippen MR) is 90.6 cm³/mol. The molecule has 0 saturated heterocycles. The van der Waals surface area contributed by atoms with Gasteiger partial charge in [0.2, 0.25) is 0 Å². The van der Waals surface area contributed by atoms with E-state index in [9.17, 15) is 0 Å². The van der Waals surface area contributed by atoms with Crippen molar-refractivity contribution in [2.45, 2.75) is 78.2 Å². The molecule has 0 radical (unpaired) electrons. The van der Waals surface area contributed by atoms with Gasteiger partial charge >= 0.3 is 0 Å². The summed E-state index contributed by atoms with van der Waals surface area (Å²) in [5, 5.41) is 3.84. The lowest BCUT2D eigenvalue weighted by atomic mass is 9.74. The van der Waals surface area contributed by atoms with Crippen LogP contribution in [0, 0.1) is 5.41 Å². The van der Waals surface area contributed by atoms with E-state index < -0.39 is 0 Å². The van der Waals surface area contributed by atoms with E-state index in [0.717, 1.165) is 19.4 Å². The molecular formula is C19H32N2. The second-order valence-electron chi connectivity index (χ2n) is 6.65. The van der Waals surface area contributed by atoms with Crippen molar-refractivity contribution in [3.05, 3.63) is 29.6 Å². The van der Waals surface area contributed by atoms with Crippen molar-refractivity contribution >= 4 is 0 Å². The molecule has 1 fully saturated rings. The first-order valence-corrected chi connectivity index (χ1v) is 8.91. The third kappa shape index (κ3) is 4.06. The lowest BCUT2D eigenvalue weighted by molar-refractivity contribution is 0.183. The Morgan fingerprint density at radius 1 is 1.19 bits per heavy atom. The fourth-order valence-corrected chi connectivity index (χ4v) is 3.85. The normalized spacial score (nSPS) is 18.8. The van der Waals surface area contributed by atoms with Gasteiger partial charge in [0.1, 0.15) is 0 Å². The van der Waals surface area contributed by atoms with E-state index in [2.05, 4.69) is 44.4 Å². The molecule has 0 aliphatic heterocycles. The molecule has 1 unspecified atom stereocenters. The number of pyridine rings is 1. The molecule has 1 N–H and O–H groups in total. The van der Waals surface area contributed by atoms with Crippen molar-refractivity contribution in [2.24, 2.45) is 5.41 Å². The predicted octanol–water partition coefficient (Wildman–Crippen LogP) is 4.53. The first kappa shape index (κ1) is 16.5. The van der Waals surface area contributed by atoms with Crippen LogP contribution in [0.25, 0.3) is 0 Å². The molecule has 1 aliphatic rings. The second kappa shape index (κ2) is 7.93. The van der Waals surface area contributed by atoms with E-state index in [1.165, 1.54) is 49.8 Å². The Morgan fingerprint density at radius 2 is 1.95 bits per heavy atom. The van der Waals surface area contributed by atoms with E-state index in [1.807, 2.05) is 0 Å². The molecule has 21 heavy (non-hydrogen) atoms. The Balaban J connectivity index is 2.11. The number of aromatic nitrogens is 1. The summed E-state index contributed by atoms with van der Waals surface area (Å²) in [6.45, 7) is 7.94. The topological polar surface area (TPSA) is 24.9 Å². The van der Waals surface area contributed by atoms with Crippen LogP contribution in [0.2, 0.25) is 0 Å². The molecule has 2 heteroatoms. The minimum atomic E-state index is 0.500. The van der Waals surface area contributed by atoms with Gasteiger partial charge in [-0.05, 0) is 55.7 Å². The van der Waals surface area contributed by atoms with Gasteiger partial charge in [-0.3, -0.25) is 4.98 Å². The Labute approximate surface area is 130 Å². The maximum absolute atomic E-state index is 4.69. The van der Waals surface area contributed by atoms with Crippen LogP contribution in [-0.4, -0.2) is 17.6 Å². The highest BCUT2D eigenvalue weighted by Crippen LogP contribution is 2.44. The summed E-state index contributed by atoms with van der Waals surface area (Å²) in [6.07, 6.45) is 12.3. The van der Waals surface area contributed by atoms with Crippen molar-refractivity contribution < 1.29 is 0 Å². The molecule has 118 valence electrons. The monoisotopic (exact) mass is 288 g/mol. The maximum atomic E-state index is 4.69. The number of rotatable bonds is 8. The number of hydrogen-bond donors (Lipinski definition) is 1. The molecule has 2 rings (SSSR count). The Hall–Kier alpha value is -0.890. The smallest absolute Gasteiger partial charge is 0.0419 e. The van der Waals surface area contributed by atoms with Crippen LogP contribution in [0.3, 0.4) is 0 Å². The van der Waals surface area contributed by atoms with Crippen molar-refractivity contribution in [1.82, 2.24) is 10.3 Å². The summed E-state index contributed by atoms with van der Waals surface area (Å²) < 4.78 is 0. The number of nitrogens with zero attached hydrogens (tertiary/aromatic N) is 1. The largest absolute Gasteiger partial charge is 0.313 e. The Bertz CT molecular complexity index is 404. The van der Waals surface area contributed by atoms with E-state index in [-0.39, 0.29) is 0 Å². The molecule has 1 aliphatic carbocycles. The van der Waals surface area contributed by atoms with Crippen LogP contribution in [-0.2, 0) is 12.8 Å². The molecule has 1 atom stereocenters. The highest BCUT2D eigenvalue weighted by Gasteiger charge is 2.39. The average molecular weight is 288 g/mol. The minimum absolute atomic E-state index is 0.500. The van der Waals surface area contributed by atoms with Crippen molar-refractivity contribution in [3.63, 3.8) is 0 Å². The fourth-order valence-electron chi connectivity index (χ4n) is 3.85. The van der Waals surface area contributed by atoms with E-state index in [0.29, 0.717) is 11.5 Å².